The van der Waals surface area contributed by atoms with Gasteiger partial charge in [0, 0.05) is 19.5 Å². The van der Waals surface area contributed by atoms with Crippen LogP contribution in [0.2, 0.25) is 0 Å². The Balaban J connectivity index is 2.01. The molecule has 1 aromatic rings. The van der Waals surface area contributed by atoms with Crippen molar-refractivity contribution in [2.24, 2.45) is 24.6 Å². The topological polar surface area (TPSA) is 43.8 Å². The van der Waals surface area contributed by atoms with Gasteiger partial charge in [0.15, 0.2) is 0 Å². The molecule has 3 atom stereocenters. The first-order chi connectivity index (χ1) is 8.52. The van der Waals surface area contributed by atoms with Gasteiger partial charge in [0.25, 0.3) is 0 Å². The van der Waals surface area contributed by atoms with Gasteiger partial charge in [-0.2, -0.15) is 5.10 Å². The molecule has 0 aromatic carbocycles. The van der Waals surface area contributed by atoms with Crippen molar-refractivity contribution in [1.82, 2.24) is 9.78 Å². The van der Waals surface area contributed by atoms with Crippen molar-refractivity contribution >= 4 is 15.9 Å². The lowest BCUT2D eigenvalue weighted by Crippen LogP contribution is -2.31. The first-order valence-corrected chi connectivity index (χ1v) is 7.75. The molecule has 0 radical (unpaired) electrons. The van der Waals surface area contributed by atoms with Gasteiger partial charge >= 0.3 is 0 Å². The number of hydrogen-bond acceptors (Lipinski definition) is 2. The molecule has 1 aliphatic carbocycles. The fourth-order valence-corrected chi connectivity index (χ4v) is 3.66. The smallest absolute Gasteiger partial charge is 0.0738 e. The first kappa shape index (κ1) is 14.1. The van der Waals surface area contributed by atoms with Gasteiger partial charge in [0.1, 0.15) is 0 Å². The summed E-state index contributed by atoms with van der Waals surface area (Å²) >= 11 is 3.62. The van der Waals surface area contributed by atoms with Gasteiger partial charge in [-0.1, -0.05) is 19.8 Å². The molecule has 3 nitrogen and oxygen atoms in total. The van der Waals surface area contributed by atoms with E-state index in [2.05, 4.69) is 28.0 Å². The standard InChI is InChI=1S/C14H24BrN3/c1-4-10-5-6-11(7-10)12(16)8-13-14(15)9(2)17-18(13)3/h10-12H,4-8,16H2,1-3H3. The molecule has 1 fully saturated rings. The molecule has 18 heavy (non-hydrogen) atoms. The van der Waals surface area contributed by atoms with Crippen LogP contribution in [0.1, 0.15) is 44.0 Å². The Morgan fingerprint density at radius 2 is 2.22 bits per heavy atom. The van der Waals surface area contributed by atoms with Crippen LogP contribution in [0.15, 0.2) is 4.47 Å². The molecule has 3 unspecified atom stereocenters. The number of nitrogens with two attached hydrogens (primary N) is 1. The van der Waals surface area contributed by atoms with Crippen LogP contribution in [0, 0.1) is 18.8 Å². The highest BCUT2D eigenvalue weighted by molar-refractivity contribution is 9.10. The maximum absolute atomic E-state index is 6.41. The number of aryl methyl sites for hydroxylation is 2. The first-order valence-electron chi connectivity index (χ1n) is 6.96. The van der Waals surface area contributed by atoms with Gasteiger partial charge in [-0.15, -0.1) is 0 Å². The van der Waals surface area contributed by atoms with Crippen molar-refractivity contribution in [3.8, 4) is 0 Å². The second-order valence-corrected chi connectivity index (χ2v) is 6.48. The van der Waals surface area contributed by atoms with Crippen molar-refractivity contribution in [2.75, 3.05) is 0 Å². The minimum absolute atomic E-state index is 0.271. The fraction of sp³-hybridized carbons (Fsp3) is 0.786. The third kappa shape index (κ3) is 2.80. The number of rotatable bonds is 4. The third-order valence-corrected chi connectivity index (χ3v) is 5.49. The monoisotopic (exact) mass is 313 g/mol. The summed E-state index contributed by atoms with van der Waals surface area (Å²) in [4.78, 5) is 0. The normalized spacial score (nSPS) is 25.6. The Morgan fingerprint density at radius 3 is 2.72 bits per heavy atom. The Morgan fingerprint density at radius 1 is 1.50 bits per heavy atom. The molecule has 4 heteroatoms. The third-order valence-electron chi connectivity index (χ3n) is 4.46. The summed E-state index contributed by atoms with van der Waals surface area (Å²) < 4.78 is 3.09. The second kappa shape index (κ2) is 5.74. The highest BCUT2D eigenvalue weighted by Crippen LogP contribution is 2.35. The van der Waals surface area contributed by atoms with Gasteiger partial charge in [0.2, 0.25) is 0 Å². The number of aromatic nitrogens is 2. The average molecular weight is 314 g/mol. The summed E-state index contributed by atoms with van der Waals surface area (Å²) in [6, 6.07) is 0.271. The largest absolute Gasteiger partial charge is 0.327 e. The molecule has 0 bridgehead atoms. The molecular formula is C14H24BrN3. The highest BCUT2D eigenvalue weighted by Gasteiger charge is 2.29. The fourth-order valence-electron chi connectivity index (χ4n) is 3.17. The quantitative estimate of drug-likeness (QED) is 0.927. The van der Waals surface area contributed by atoms with Crippen molar-refractivity contribution in [1.29, 1.82) is 0 Å². The molecule has 1 aromatic heterocycles. The Labute approximate surface area is 118 Å². The van der Waals surface area contributed by atoms with E-state index in [1.165, 1.54) is 31.4 Å². The summed E-state index contributed by atoms with van der Waals surface area (Å²) in [7, 11) is 2.00. The lowest BCUT2D eigenvalue weighted by molar-refractivity contribution is 0.399. The van der Waals surface area contributed by atoms with Gasteiger partial charge in [-0.25, -0.2) is 0 Å². The molecule has 0 aliphatic heterocycles. The molecule has 1 heterocycles. The van der Waals surface area contributed by atoms with E-state index in [1.54, 1.807) is 0 Å². The van der Waals surface area contributed by atoms with E-state index in [4.69, 9.17) is 5.73 Å². The van der Waals surface area contributed by atoms with Crippen molar-refractivity contribution in [2.45, 2.75) is 52.0 Å². The van der Waals surface area contributed by atoms with Crippen LogP contribution >= 0.6 is 15.9 Å². The minimum atomic E-state index is 0.271. The maximum atomic E-state index is 6.41. The Hall–Kier alpha value is -0.350. The average Bonchev–Trinajstić information content (AvgIpc) is 2.90. The predicted octanol–water partition coefficient (Wildman–Crippen LogP) is 3.19. The predicted molar refractivity (Wildman–Crippen MR) is 78.4 cm³/mol. The van der Waals surface area contributed by atoms with Crippen LogP contribution < -0.4 is 5.73 Å². The Kier molecular flexibility index (Phi) is 4.49. The van der Waals surface area contributed by atoms with E-state index in [0.717, 1.165) is 22.5 Å². The zero-order valence-corrected chi connectivity index (χ0v) is 13.2. The van der Waals surface area contributed by atoms with E-state index in [-0.39, 0.29) is 6.04 Å². The molecule has 102 valence electrons. The number of nitrogens with zero attached hydrogens (tertiary/aromatic N) is 2. The van der Waals surface area contributed by atoms with Crippen LogP contribution in [0.5, 0.6) is 0 Å². The van der Waals surface area contributed by atoms with E-state index in [9.17, 15) is 0 Å². The van der Waals surface area contributed by atoms with E-state index >= 15 is 0 Å². The summed E-state index contributed by atoms with van der Waals surface area (Å²) in [5, 5.41) is 4.44. The second-order valence-electron chi connectivity index (χ2n) is 5.69. The summed E-state index contributed by atoms with van der Waals surface area (Å²) in [5.74, 6) is 1.59. The van der Waals surface area contributed by atoms with Crippen LogP contribution in [-0.4, -0.2) is 15.8 Å². The maximum Gasteiger partial charge on any atom is 0.0738 e. The molecule has 1 saturated carbocycles. The van der Waals surface area contributed by atoms with Crippen LogP contribution in [0.4, 0.5) is 0 Å². The zero-order chi connectivity index (χ0) is 13.3. The molecule has 2 rings (SSSR count). The number of halogens is 1. The van der Waals surface area contributed by atoms with E-state index in [0.29, 0.717) is 5.92 Å². The lowest BCUT2D eigenvalue weighted by Gasteiger charge is -2.19. The van der Waals surface area contributed by atoms with Crippen molar-refractivity contribution < 1.29 is 0 Å². The molecule has 0 amide bonds. The molecule has 0 spiro atoms. The minimum Gasteiger partial charge on any atom is -0.327 e. The molecular weight excluding hydrogens is 290 g/mol. The molecule has 0 saturated heterocycles. The highest BCUT2D eigenvalue weighted by atomic mass is 79.9. The van der Waals surface area contributed by atoms with Gasteiger partial charge in [-0.05, 0) is 47.5 Å². The van der Waals surface area contributed by atoms with E-state index in [1.807, 2.05) is 18.7 Å². The van der Waals surface area contributed by atoms with Crippen molar-refractivity contribution in [3.63, 3.8) is 0 Å². The SMILES string of the molecule is CCC1CCC(C(N)Cc2c(Br)c(C)nn2C)C1. The van der Waals surface area contributed by atoms with Crippen LogP contribution in [0.25, 0.3) is 0 Å². The van der Waals surface area contributed by atoms with Gasteiger partial charge in [0.05, 0.1) is 15.9 Å². The van der Waals surface area contributed by atoms with Crippen LogP contribution in [0.3, 0.4) is 0 Å². The van der Waals surface area contributed by atoms with Crippen LogP contribution in [-0.2, 0) is 13.5 Å². The molecule has 2 N–H and O–H groups in total. The Bertz CT molecular complexity index is 413. The number of hydrogen-bond donors (Lipinski definition) is 1. The molecule has 1 aliphatic rings. The zero-order valence-electron chi connectivity index (χ0n) is 11.6. The summed E-state index contributed by atoms with van der Waals surface area (Å²) in [5.41, 5.74) is 8.70. The van der Waals surface area contributed by atoms with Crippen molar-refractivity contribution in [3.05, 3.63) is 15.9 Å². The van der Waals surface area contributed by atoms with Gasteiger partial charge < -0.3 is 5.73 Å². The van der Waals surface area contributed by atoms with Gasteiger partial charge in [-0.3, -0.25) is 4.68 Å². The lowest BCUT2D eigenvalue weighted by atomic mass is 9.93. The summed E-state index contributed by atoms with van der Waals surface area (Å²) in [6.45, 7) is 4.32. The summed E-state index contributed by atoms with van der Waals surface area (Å²) in [6.07, 6.45) is 6.21. The van der Waals surface area contributed by atoms with E-state index < -0.39 is 0 Å².